The molecule has 6 rings (SSSR count). The zero-order valence-electron chi connectivity index (χ0n) is 19.6. The normalized spacial score (nSPS) is 11.4. The maximum Gasteiger partial charge on any atom is 0.258 e. The zero-order valence-corrected chi connectivity index (χ0v) is 19.6. The summed E-state index contributed by atoms with van der Waals surface area (Å²) in [6.45, 7) is 3.23. The highest BCUT2D eigenvalue weighted by Gasteiger charge is 2.20. The van der Waals surface area contributed by atoms with E-state index in [-0.39, 0.29) is 5.91 Å². The fourth-order valence-corrected chi connectivity index (χ4v) is 4.35. The molecule has 0 atom stereocenters. The lowest BCUT2D eigenvalue weighted by molar-refractivity contribution is 0.102. The first-order valence-electron chi connectivity index (χ1n) is 11.8. The third kappa shape index (κ3) is 3.90. The van der Waals surface area contributed by atoms with Gasteiger partial charge in [0.05, 0.1) is 40.1 Å². The quantitative estimate of drug-likeness (QED) is 0.341. The minimum Gasteiger partial charge on any atom is -0.467 e. The average Bonchev–Trinajstić information content (AvgIpc) is 3.65. The number of aromatic nitrogens is 6. The monoisotopic (exact) mass is 477 g/mol. The number of nitrogens with one attached hydrogen (secondary N) is 1. The van der Waals surface area contributed by atoms with E-state index in [1.807, 2.05) is 53.1 Å². The SMILES string of the molecule is CCCn1c(NC(=O)c2cc(-c3cccnc3)nc3c2cnn3Cc2ccco2)nc2ccccc21. The number of furan rings is 1. The number of imidazole rings is 1. The number of hydrogen-bond acceptors (Lipinski definition) is 6. The van der Waals surface area contributed by atoms with E-state index in [1.54, 1.807) is 35.6 Å². The molecule has 0 aliphatic rings. The smallest absolute Gasteiger partial charge is 0.258 e. The van der Waals surface area contributed by atoms with E-state index in [1.165, 1.54) is 0 Å². The molecular formula is C27H23N7O2. The fraction of sp³-hybridized carbons (Fsp3) is 0.148. The van der Waals surface area contributed by atoms with Gasteiger partial charge in [0.1, 0.15) is 12.3 Å². The lowest BCUT2D eigenvalue weighted by Crippen LogP contribution is -2.17. The average molecular weight is 478 g/mol. The Bertz CT molecular complexity index is 1670. The summed E-state index contributed by atoms with van der Waals surface area (Å²) in [7, 11) is 0. The molecule has 0 unspecified atom stereocenters. The maximum atomic E-state index is 13.7. The number of fused-ring (bicyclic) bond motifs is 2. The molecule has 36 heavy (non-hydrogen) atoms. The number of carbonyl (C=O) groups excluding carboxylic acids is 1. The van der Waals surface area contributed by atoms with Gasteiger partial charge in [-0.1, -0.05) is 19.1 Å². The number of aryl methyl sites for hydroxylation is 1. The number of nitrogens with zero attached hydrogens (tertiary/aromatic N) is 6. The van der Waals surface area contributed by atoms with Crippen LogP contribution < -0.4 is 5.32 Å². The van der Waals surface area contributed by atoms with E-state index in [9.17, 15) is 4.79 Å². The molecule has 1 aromatic carbocycles. The van der Waals surface area contributed by atoms with E-state index in [4.69, 9.17) is 9.40 Å². The summed E-state index contributed by atoms with van der Waals surface area (Å²) in [5.74, 6) is 0.976. The molecule has 9 heteroatoms. The number of amides is 1. The first kappa shape index (κ1) is 21.7. The largest absolute Gasteiger partial charge is 0.467 e. The third-order valence-corrected chi connectivity index (χ3v) is 6.02. The van der Waals surface area contributed by atoms with Crippen LogP contribution in [0.15, 0.2) is 83.9 Å². The van der Waals surface area contributed by atoms with Gasteiger partial charge in [-0.15, -0.1) is 0 Å². The van der Waals surface area contributed by atoms with Crippen molar-refractivity contribution in [2.75, 3.05) is 5.32 Å². The predicted molar refractivity (Wildman–Crippen MR) is 137 cm³/mol. The summed E-state index contributed by atoms with van der Waals surface area (Å²) in [5, 5.41) is 8.20. The number of rotatable bonds is 7. The number of para-hydroxylation sites is 2. The van der Waals surface area contributed by atoms with E-state index in [0.717, 1.165) is 35.3 Å². The van der Waals surface area contributed by atoms with Gasteiger partial charge in [0, 0.05) is 24.5 Å². The Morgan fingerprint density at radius 2 is 1.97 bits per heavy atom. The van der Waals surface area contributed by atoms with Crippen molar-refractivity contribution in [2.24, 2.45) is 0 Å². The van der Waals surface area contributed by atoms with Crippen molar-refractivity contribution in [3.05, 3.63) is 90.8 Å². The van der Waals surface area contributed by atoms with Crippen LogP contribution in [0.4, 0.5) is 5.95 Å². The summed E-state index contributed by atoms with van der Waals surface area (Å²) < 4.78 is 9.27. The van der Waals surface area contributed by atoms with Gasteiger partial charge in [-0.3, -0.25) is 15.1 Å². The predicted octanol–water partition coefficient (Wildman–Crippen LogP) is 5.15. The van der Waals surface area contributed by atoms with E-state index >= 15 is 0 Å². The molecule has 0 radical (unpaired) electrons. The summed E-state index contributed by atoms with van der Waals surface area (Å²) in [6, 6.07) is 17.1. The number of carbonyl (C=O) groups is 1. The van der Waals surface area contributed by atoms with E-state index < -0.39 is 0 Å². The Hall–Kier alpha value is -4.79. The summed E-state index contributed by atoms with van der Waals surface area (Å²) in [6.07, 6.45) is 7.63. The number of benzene rings is 1. The summed E-state index contributed by atoms with van der Waals surface area (Å²) in [4.78, 5) is 27.4. The molecule has 0 fully saturated rings. The van der Waals surface area contributed by atoms with E-state index in [2.05, 4.69) is 27.3 Å². The highest BCUT2D eigenvalue weighted by molar-refractivity contribution is 6.12. The van der Waals surface area contributed by atoms with Gasteiger partial charge < -0.3 is 8.98 Å². The van der Waals surface area contributed by atoms with Gasteiger partial charge in [0.15, 0.2) is 5.65 Å². The summed E-state index contributed by atoms with van der Waals surface area (Å²) in [5.41, 5.74) is 4.29. The first-order chi connectivity index (χ1) is 17.7. The van der Waals surface area contributed by atoms with Crippen LogP contribution in [-0.4, -0.2) is 35.2 Å². The molecule has 0 saturated heterocycles. The number of pyridine rings is 2. The van der Waals surface area contributed by atoms with Crippen molar-refractivity contribution in [3.63, 3.8) is 0 Å². The lowest BCUT2D eigenvalue weighted by Gasteiger charge is -2.11. The van der Waals surface area contributed by atoms with Gasteiger partial charge >= 0.3 is 0 Å². The molecule has 0 saturated carbocycles. The first-order valence-corrected chi connectivity index (χ1v) is 11.8. The van der Waals surface area contributed by atoms with Crippen LogP contribution in [0, 0.1) is 0 Å². The molecule has 0 aliphatic heterocycles. The number of anilines is 1. The van der Waals surface area contributed by atoms with Crippen LogP contribution in [0.25, 0.3) is 33.3 Å². The van der Waals surface area contributed by atoms with Crippen molar-refractivity contribution < 1.29 is 9.21 Å². The lowest BCUT2D eigenvalue weighted by atomic mass is 10.1. The highest BCUT2D eigenvalue weighted by Crippen LogP contribution is 2.27. The van der Waals surface area contributed by atoms with Crippen molar-refractivity contribution in [1.29, 1.82) is 0 Å². The van der Waals surface area contributed by atoms with Crippen LogP contribution in [-0.2, 0) is 13.1 Å². The van der Waals surface area contributed by atoms with Crippen molar-refractivity contribution >= 4 is 33.9 Å². The highest BCUT2D eigenvalue weighted by atomic mass is 16.3. The third-order valence-electron chi connectivity index (χ3n) is 6.02. The Kier molecular flexibility index (Phi) is 5.49. The second-order valence-corrected chi connectivity index (χ2v) is 8.45. The van der Waals surface area contributed by atoms with Gasteiger partial charge in [-0.05, 0) is 48.9 Å². The van der Waals surface area contributed by atoms with Gasteiger partial charge in [0.25, 0.3) is 5.91 Å². The zero-order chi connectivity index (χ0) is 24.5. The summed E-state index contributed by atoms with van der Waals surface area (Å²) >= 11 is 0. The van der Waals surface area contributed by atoms with Crippen molar-refractivity contribution in [2.45, 2.75) is 26.4 Å². The molecule has 0 bridgehead atoms. The fourth-order valence-electron chi connectivity index (χ4n) is 4.35. The van der Waals surface area contributed by atoms with Crippen LogP contribution in [0.3, 0.4) is 0 Å². The maximum absolute atomic E-state index is 13.7. The van der Waals surface area contributed by atoms with Gasteiger partial charge in [-0.25, -0.2) is 14.6 Å². The molecule has 6 aromatic rings. The standard InChI is InChI=1S/C27H23N7O2/c1-2-12-33-24-10-4-3-9-22(24)31-27(33)32-26(35)20-14-23(18-7-5-11-28-15-18)30-25-21(20)16-29-34(25)17-19-8-6-13-36-19/h3-11,13-16H,2,12,17H2,1H3,(H,31,32,35). The molecule has 0 spiro atoms. The minimum absolute atomic E-state index is 0.280. The topological polar surface area (TPSA) is 104 Å². The minimum atomic E-state index is -0.280. The van der Waals surface area contributed by atoms with Crippen LogP contribution in [0.1, 0.15) is 29.5 Å². The Morgan fingerprint density at radius 1 is 1.06 bits per heavy atom. The second-order valence-electron chi connectivity index (χ2n) is 8.45. The van der Waals surface area contributed by atoms with Gasteiger partial charge in [-0.2, -0.15) is 5.10 Å². The van der Waals surface area contributed by atoms with Gasteiger partial charge in [0.2, 0.25) is 5.95 Å². The van der Waals surface area contributed by atoms with E-state index in [0.29, 0.717) is 34.8 Å². The molecule has 1 N–H and O–H groups in total. The molecule has 178 valence electrons. The molecule has 9 nitrogen and oxygen atoms in total. The molecule has 5 aromatic heterocycles. The van der Waals surface area contributed by atoms with Crippen LogP contribution in [0.5, 0.6) is 0 Å². The molecule has 5 heterocycles. The molecule has 0 aliphatic carbocycles. The van der Waals surface area contributed by atoms with Crippen molar-refractivity contribution in [1.82, 2.24) is 29.3 Å². The second kappa shape index (κ2) is 9.10. The molecule has 1 amide bonds. The Balaban J connectivity index is 1.46. The Labute approximate surface area is 206 Å². The Morgan fingerprint density at radius 3 is 2.78 bits per heavy atom. The van der Waals surface area contributed by atoms with Crippen LogP contribution >= 0.6 is 0 Å². The number of hydrogen-bond donors (Lipinski definition) is 1. The molecular weight excluding hydrogens is 454 g/mol. The van der Waals surface area contributed by atoms with Crippen LogP contribution in [0.2, 0.25) is 0 Å². The van der Waals surface area contributed by atoms with Crippen molar-refractivity contribution in [3.8, 4) is 11.3 Å².